The van der Waals surface area contributed by atoms with Crippen molar-refractivity contribution < 1.29 is 75.3 Å². The summed E-state index contributed by atoms with van der Waals surface area (Å²) >= 11 is 0. The number of nitrogens with two attached hydrogens (primary N) is 1. The van der Waals surface area contributed by atoms with E-state index < -0.39 is 159 Å². The molecule has 28 nitrogen and oxygen atoms in total. The molecule has 0 bridgehead atoms. The smallest absolute Gasteiger partial charge is 0.419 e. The van der Waals surface area contributed by atoms with Gasteiger partial charge in [-0.1, -0.05) is 164 Å². The van der Waals surface area contributed by atoms with Crippen LogP contribution in [0.15, 0.2) is 194 Å². The molecule has 0 spiro atoms. The zero-order valence-corrected chi connectivity index (χ0v) is 75.6. The Balaban J connectivity index is 1.01. The predicted octanol–water partition coefficient (Wildman–Crippen LogP) is 11.1. The van der Waals surface area contributed by atoms with Crippen molar-refractivity contribution >= 4 is 80.3 Å². The monoisotopic (exact) mass is 1740 g/mol. The molecule has 10 rings (SSSR count). The Bertz CT molecular complexity index is 5260. The average Bonchev–Trinajstić information content (AvgIpc) is 1.57. The van der Waals surface area contributed by atoms with Gasteiger partial charge in [0.2, 0.25) is 47.3 Å². The van der Waals surface area contributed by atoms with Gasteiger partial charge in [0, 0.05) is 55.9 Å². The van der Waals surface area contributed by atoms with Crippen LogP contribution in [0.5, 0.6) is 11.5 Å². The Labute approximate surface area is 738 Å². The van der Waals surface area contributed by atoms with Crippen molar-refractivity contribution in [1.29, 1.82) is 5.41 Å². The van der Waals surface area contributed by atoms with Gasteiger partial charge in [-0.05, 0) is 211 Å². The topological polar surface area (TPSA) is 388 Å². The fraction of sp³-hybridized carbons (Fsp3) is 0.423. The van der Waals surface area contributed by atoms with E-state index >= 15 is 28.8 Å². The zero-order chi connectivity index (χ0) is 91.8. The van der Waals surface area contributed by atoms with Crippen LogP contribution in [-0.4, -0.2) is 168 Å². The van der Waals surface area contributed by atoms with Gasteiger partial charge in [-0.2, -0.15) is 0 Å². The summed E-state index contributed by atoms with van der Waals surface area (Å²) in [5.74, 6) is -6.04. The summed E-state index contributed by atoms with van der Waals surface area (Å²) in [5.41, 5.74) is 8.74. The molecule has 29 heteroatoms. The van der Waals surface area contributed by atoms with Crippen molar-refractivity contribution in [3.63, 3.8) is 0 Å². The SMILES string of the molecule is C=CCOC(=O)[C@H](Cc1ccccc1)NC(=O)[C@H](CCCNC(=N)NS(=O)(=O)c1c(C)c(C)c2c(c1C)CC(C)(C)O2)NC(=O)[C@H](CCC(=O)NC(c1ccccc1)(c1ccccc1)c1ccccc1)NC(=O)[C@@H](NC(=O)[C@H](Cc1cn(C(=O)OC(C)(C)C)c2ccccc12)NC(=O)[C@@H]1CCCN1C(=O)[C@@H](N)Cc1ccc(OC(C)(C)C)cc1)[C@@H](C)OC(C)(C)C. The summed E-state index contributed by atoms with van der Waals surface area (Å²) in [6.45, 7) is 30.0. The first-order valence-electron chi connectivity index (χ1n) is 42.8. The van der Waals surface area contributed by atoms with Crippen LogP contribution < -0.4 is 57.1 Å². The number of amides is 7. The van der Waals surface area contributed by atoms with Crippen molar-refractivity contribution in [3.05, 3.63) is 244 Å². The van der Waals surface area contributed by atoms with Crippen molar-refractivity contribution in [2.75, 3.05) is 19.7 Å². The molecule has 672 valence electrons. The first kappa shape index (κ1) is 96.0. The molecule has 2 aliphatic heterocycles. The Morgan fingerprint density at radius 2 is 1.18 bits per heavy atom. The molecule has 0 unspecified atom stereocenters. The van der Waals surface area contributed by atoms with Crippen LogP contribution in [0.1, 0.15) is 177 Å². The lowest BCUT2D eigenvalue weighted by molar-refractivity contribution is -0.147. The molecule has 1 aromatic heterocycles. The molecule has 126 heavy (non-hydrogen) atoms. The van der Waals surface area contributed by atoms with Gasteiger partial charge in [0.25, 0.3) is 10.0 Å². The summed E-state index contributed by atoms with van der Waals surface area (Å²) in [5, 5.41) is 29.8. The number of aromatic nitrogens is 1. The minimum absolute atomic E-state index is 0.00814. The highest BCUT2D eigenvalue weighted by atomic mass is 32.2. The second kappa shape index (κ2) is 41.3. The average molecular weight is 1740 g/mol. The lowest BCUT2D eigenvalue weighted by Gasteiger charge is -2.37. The number of guanidine groups is 1. The molecule has 2 aliphatic rings. The molecule has 11 N–H and O–H groups in total. The molecule has 8 atom stereocenters. The Kier molecular flexibility index (Phi) is 31.5. The lowest BCUT2D eigenvalue weighted by Crippen LogP contribution is -2.62. The summed E-state index contributed by atoms with van der Waals surface area (Å²) in [6.07, 6.45) is 0.203. The number of fused-ring (bicyclic) bond motifs is 2. The molecule has 0 aliphatic carbocycles. The van der Waals surface area contributed by atoms with Gasteiger partial charge >= 0.3 is 12.1 Å². The standard InChI is InChI=1S/C97H122N12O16S/c1-17-54-121-90(117)77(56-64-34-22-18-23-35-64)104-84(111)74(43-32-52-100-91(99)107-126(119,120)83-61(3)60(2)82-72(62(83)4)58-96(15,16)124-82)101-85(112)75(50-51-80(110)106-97(67-36-24-19-25-37-67,68-38-26-20-27-39-68)69-40-28-21-29-41-69)102-88(115)81(63(5)122-93(6,7)8)105-86(113)76(57-66-59-109(92(118)125-95(12,13)14)78-44-31-30-42-71(66)78)103-87(114)79-45-33-53-108(79)89(116)73(98)55-65-46-48-70(49-47-65)123-94(9,10)11/h17-31,34-42,44,46-49,59,63,73-77,79,81H,1,32-33,43,45,50-58,98H2,2-16H3,(H,101,112)(H,102,115)(H,103,114)(H,104,111)(H,105,113)(H,106,110)(H3,99,100,107)/t63-,73+,74+,75+,76+,77+,79+,81+/m1/s1. The molecular weight excluding hydrogens is 1620 g/mol. The van der Waals surface area contributed by atoms with Gasteiger partial charge in [-0.15, -0.1) is 0 Å². The van der Waals surface area contributed by atoms with E-state index in [1.54, 1.807) is 129 Å². The van der Waals surface area contributed by atoms with E-state index in [4.69, 9.17) is 34.8 Å². The van der Waals surface area contributed by atoms with Crippen molar-refractivity contribution in [3.8, 4) is 11.5 Å². The minimum atomic E-state index is -4.42. The number of hydrogen-bond acceptors (Lipinski definition) is 18. The van der Waals surface area contributed by atoms with Crippen LogP contribution >= 0.6 is 0 Å². The number of carbonyl (C=O) groups excluding carboxylic acids is 9. The van der Waals surface area contributed by atoms with Crippen molar-refractivity contribution in [2.24, 2.45) is 5.73 Å². The second-order valence-corrected chi connectivity index (χ2v) is 37.5. The number of carbonyl (C=O) groups is 9. The molecule has 8 aromatic rings. The highest BCUT2D eigenvalue weighted by Crippen LogP contribution is 2.44. The molecule has 3 heterocycles. The number of sulfonamides is 1. The lowest BCUT2D eigenvalue weighted by atomic mass is 9.77. The number of benzene rings is 7. The largest absolute Gasteiger partial charge is 0.488 e. The summed E-state index contributed by atoms with van der Waals surface area (Å²) in [7, 11) is -4.42. The molecule has 0 radical (unpaired) electrons. The van der Waals surface area contributed by atoms with Crippen LogP contribution in [0, 0.1) is 26.2 Å². The van der Waals surface area contributed by atoms with E-state index in [2.05, 4.69) is 48.5 Å². The van der Waals surface area contributed by atoms with Gasteiger partial charge in [0.05, 0.1) is 28.2 Å². The number of hydrogen-bond donors (Lipinski definition) is 10. The third kappa shape index (κ3) is 25.1. The highest BCUT2D eigenvalue weighted by molar-refractivity contribution is 7.90. The summed E-state index contributed by atoms with van der Waals surface area (Å²) < 4.78 is 62.6. The maximum absolute atomic E-state index is 16.1. The number of rotatable bonds is 36. The number of likely N-dealkylation sites (tertiary alicyclic amines) is 1. The van der Waals surface area contributed by atoms with Crippen LogP contribution in [-0.2, 0) is 93.8 Å². The second-order valence-electron chi connectivity index (χ2n) is 35.9. The quantitative estimate of drug-likeness (QED) is 0.00435. The van der Waals surface area contributed by atoms with Crippen LogP contribution in [0.2, 0.25) is 0 Å². The van der Waals surface area contributed by atoms with E-state index in [0.29, 0.717) is 79.8 Å². The van der Waals surface area contributed by atoms with Crippen LogP contribution in [0.3, 0.4) is 0 Å². The third-order valence-corrected chi connectivity index (χ3v) is 23.5. The van der Waals surface area contributed by atoms with Gasteiger partial charge < -0.3 is 71.5 Å². The van der Waals surface area contributed by atoms with Gasteiger partial charge in [-0.3, -0.25) is 43.5 Å². The third-order valence-electron chi connectivity index (χ3n) is 21.9. The highest BCUT2D eigenvalue weighted by Gasteiger charge is 2.44. The maximum Gasteiger partial charge on any atom is 0.419 e. The molecular formula is C97H122N12O16S. The Morgan fingerprint density at radius 3 is 1.76 bits per heavy atom. The Hall–Kier alpha value is -12.2. The molecule has 1 saturated heterocycles. The molecule has 0 saturated carbocycles. The van der Waals surface area contributed by atoms with Gasteiger partial charge in [-0.25, -0.2) is 22.7 Å². The summed E-state index contributed by atoms with van der Waals surface area (Å²) in [4.78, 5) is 138. The maximum atomic E-state index is 16.1. The number of para-hydroxylation sites is 1. The van der Waals surface area contributed by atoms with E-state index in [0.717, 1.165) is 11.1 Å². The fourth-order valence-corrected chi connectivity index (χ4v) is 17.6. The number of ether oxygens (including phenoxy) is 5. The molecule has 7 aromatic carbocycles. The summed E-state index contributed by atoms with van der Waals surface area (Å²) in [6, 6.07) is 40.3. The van der Waals surface area contributed by atoms with Crippen molar-refractivity contribution in [1.82, 2.24) is 51.4 Å². The Morgan fingerprint density at radius 1 is 0.635 bits per heavy atom. The van der Waals surface area contributed by atoms with Gasteiger partial charge in [0.15, 0.2) is 0 Å². The number of nitrogens with zero attached hydrogens (tertiary/aromatic N) is 2. The van der Waals surface area contributed by atoms with E-state index in [1.165, 1.54) is 28.7 Å². The normalized spacial score (nSPS) is 15.6. The van der Waals surface area contributed by atoms with E-state index in [1.807, 2.05) is 138 Å². The molecule has 1 fully saturated rings. The van der Waals surface area contributed by atoms with E-state index in [9.17, 15) is 22.8 Å². The minimum Gasteiger partial charge on any atom is -0.488 e. The number of esters is 1. The fourth-order valence-electron chi connectivity index (χ4n) is 16.1. The first-order chi connectivity index (χ1) is 59.4. The van der Waals surface area contributed by atoms with E-state index in [-0.39, 0.29) is 63.1 Å². The van der Waals surface area contributed by atoms with Crippen LogP contribution in [0.25, 0.3) is 10.9 Å². The van der Waals surface area contributed by atoms with Gasteiger partial charge in [0.1, 0.15) is 76.7 Å². The predicted molar refractivity (Wildman–Crippen MR) is 483 cm³/mol. The first-order valence-corrected chi connectivity index (χ1v) is 44.3. The zero-order valence-electron chi connectivity index (χ0n) is 74.8. The van der Waals surface area contributed by atoms with Crippen molar-refractivity contribution in [2.45, 2.75) is 249 Å². The number of nitrogens with one attached hydrogen (secondary N) is 9. The molecule has 7 amide bonds. The van der Waals surface area contributed by atoms with Crippen LogP contribution in [0.4, 0.5) is 4.79 Å².